The number of hydrogen-bond donors (Lipinski definition) is 2. The van der Waals surface area contributed by atoms with E-state index in [2.05, 4.69) is 40.6 Å². The van der Waals surface area contributed by atoms with Crippen LogP contribution >= 0.6 is 0 Å². The van der Waals surface area contributed by atoms with Gasteiger partial charge in [0, 0.05) is 10.9 Å². The van der Waals surface area contributed by atoms with Gasteiger partial charge in [-0.3, -0.25) is 5.43 Å². The van der Waals surface area contributed by atoms with Gasteiger partial charge in [-0.15, -0.1) is 0 Å². The molecule has 1 aliphatic carbocycles. The lowest BCUT2D eigenvalue weighted by atomic mass is 9.94. The summed E-state index contributed by atoms with van der Waals surface area (Å²) in [5.41, 5.74) is 10.5. The standard InChI is InChI=1S/C19H19N3/c1-13-7-5-10-15-16-11-6-12-17(19(16)20-18(13)15)22-21-14-8-3-2-4-9-14/h2-5,7-10,20-21H,6,11-12H2,1H3/b22-17+. The maximum atomic E-state index is 4.66. The molecule has 110 valence electrons. The van der Waals surface area contributed by atoms with Crippen LogP contribution in [0.25, 0.3) is 10.9 Å². The largest absolute Gasteiger partial charge is 0.353 e. The van der Waals surface area contributed by atoms with Gasteiger partial charge in [-0.05, 0) is 49.4 Å². The zero-order valence-corrected chi connectivity index (χ0v) is 12.7. The van der Waals surface area contributed by atoms with Crippen molar-refractivity contribution in [3.8, 4) is 0 Å². The molecule has 0 unspecified atom stereocenters. The average Bonchev–Trinajstić information content (AvgIpc) is 2.95. The van der Waals surface area contributed by atoms with Gasteiger partial charge in [0.05, 0.1) is 17.1 Å². The maximum absolute atomic E-state index is 4.66. The van der Waals surface area contributed by atoms with E-state index in [9.17, 15) is 0 Å². The van der Waals surface area contributed by atoms with Crippen molar-refractivity contribution >= 4 is 22.3 Å². The van der Waals surface area contributed by atoms with Crippen LogP contribution in [0.2, 0.25) is 0 Å². The fourth-order valence-corrected chi connectivity index (χ4v) is 3.24. The van der Waals surface area contributed by atoms with Crippen molar-refractivity contribution in [1.82, 2.24) is 4.98 Å². The lowest BCUT2D eigenvalue weighted by Crippen LogP contribution is -2.13. The highest BCUT2D eigenvalue weighted by Gasteiger charge is 2.21. The van der Waals surface area contributed by atoms with Crippen LogP contribution in [-0.4, -0.2) is 10.7 Å². The molecule has 2 N–H and O–H groups in total. The van der Waals surface area contributed by atoms with Gasteiger partial charge < -0.3 is 4.98 Å². The Hall–Kier alpha value is -2.55. The molecule has 1 aliphatic rings. The zero-order chi connectivity index (χ0) is 14.9. The van der Waals surface area contributed by atoms with Crippen LogP contribution in [0.3, 0.4) is 0 Å². The molecule has 0 bridgehead atoms. The van der Waals surface area contributed by atoms with Crippen molar-refractivity contribution in [1.29, 1.82) is 0 Å². The third-order valence-electron chi connectivity index (χ3n) is 4.37. The van der Waals surface area contributed by atoms with E-state index in [1.807, 2.05) is 30.3 Å². The second-order valence-corrected chi connectivity index (χ2v) is 5.87. The Morgan fingerprint density at radius 2 is 1.86 bits per heavy atom. The van der Waals surface area contributed by atoms with Gasteiger partial charge in [0.1, 0.15) is 0 Å². The Kier molecular flexibility index (Phi) is 3.19. The van der Waals surface area contributed by atoms with Crippen LogP contribution in [0.1, 0.15) is 29.7 Å². The van der Waals surface area contributed by atoms with Crippen LogP contribution < -0.4 is 5.43 Å². The second-order valence-electron chi connectivity index (χ2n) is 5.87. The summed E-state index contributed by atoms with van der Waals surface area (Å²) in [6.07, 6.45) is 3.30. The first-order valence-corrected chi connectivity index (χ1v) is 7.81. The van der Waals surface area contributed by atoms with Gasteiger partial charge >= 0.3 is 0 Å². The molecule has 3 heteroatoms. The summed E-state index contributed by atoms with van der Waals surface area (Å²) in [4.78, 5) is 3.60. The monoisotopic (exact) mass is 289 g/mol. The Balaban J connectivity index is 1.76. The number of aromatic nitrogens is 1. The molecule has 0 amide bonds. The Morgan fingerprint density at radius 1 is 1.00 bits per heavy atom. The van der Waals surface area contributed by atoms with Gasteiger partial charge in [0.2, 0.25) is 0 Å². The molecule has 0 saturated heterocycles. The zero-order valence-electron chi connectivity index (χ0n) is 12.7. The van der Waals surface area contributed by atoms with E-state index in [-0.39, 0.29) is 0 Å². The van der Waals surface area contributed by atoms with Crippen molar-refractivity contribution in [2.75, 3.05) is 5.43 Å². The molecule has 22 heavy (non-hydrogen) atoms. The molecule has 0 radical (unpaired) electrons. The summed E-state index contributed by atoms with van der Waals surface area (Å²) in [5, 5.41) is 6.00. The smallest absolute Gasteiger partial charge is 0.0844 e. The highest BCUT2D eigenvalue weighted by molar-refractivity contribution is 6.07. The number of fused-ring (bicyclic) bond motifs is 3. The molecular formula is C19H19N3. The van der Waals surface area contributed by atoms with Crippen molar-refractivity contribution in [3.05, 3.63) is 65.4 Å². The van der Waals surface area contributed by atoms with E-state index in [0.717, 1.165) is 30.7 Å². The fraction of sp³-hybridized carbons (Fsp3) is 0.211. The minimum Gasteiger partial charge on any atom is -0.353 e. The predicted octanol–water partition coefficient (Wildman–Crippen LogP) is 4.63. The van der Waals surface area contributed by atoms with Crippen LogP contribution in [0.5, 0.6) is 0 Å². The summed E-state index contributed by atoms with van der Waals surface area (Å²) in [6, 6.07) is 16.6. The first-order chi connectivity index (χ1) is 10.8. The van der Waals surface area contributed by atoms with Gasteiger partial charge in [-0.2, -0.15) is 5.10 Å². The number of hydrazone groups is 1. The summed E-state index contributed by atoms with van der Waals surface area (Å²) in [5.74, 6) is 0. The third kappa shape index (κ3) is 2.19. The lowest BCUT2D eigenvalue weighted by molar-refractivity contribution is 0.839. The van der Waals surface area contributed by atoms with E-state index < -0.39 is 0 Å². The molecule has 0 saturated carbocycles. The van der Waals surface area contributed by atoms with Crippen molar-refractivity contribution in [2.45, 2.75) is 26.2 Å². The molecule has 0 fully saturated rings. The van der Waals surface area contributed by atoms with Crippen molar-refractivity contribution in [3.63, 3.8) is 0 Å². The number of benzene rings is 2. The number of nitrogens with one attached hydrogen (secondary N) is 2. The third-order valence-corrected chi connectivity index (χ3v) is 4.37. The number of aryl methyl sites for hydroxylation is 2. The van der Waals surface area contributed by atoms with Gasteiger partial charge in [-0.25, -0.2) is 0 Å². The number of aromatic amines is 1. The van der Waals surface area contributed by atoms with Crippen molar-refractivity contribution in [2.24, 2.45) is 5.10 Å². The van der Waals surface area contributed by atoms with Gasteiger partial charge in [-0.1, -0.05) is 36.4 Å². The average molecular weight is 289 g/mol. The number of hydrogen-bond acceptors (Lipinski definition) is 2. The Bertz CT molecular complexity index is 844. The number of rotatable bonds is 2. The van der Waals surface area contributed by atoms with Crippen LogP contribution in [-0.2, 0) is 6.42 Å². The number of anilines is 1. The number of para-hydroxylation sites is 2. The molecule has 3 aromatic rings. The summed E-state index contributed by atoms with van der Waals surface area (Å²) >= 11 is 0. The topological polar surface area (TPSA) is 40.2 Å². The molecule has 0 atom stereocenters. The molecule has 1 aromatic heterocycles. The molecule has 1 heterocycles. The lowest BCUT2D eigenvalue weighted by Gasteiger charge is -2.14. The summed E-state index contributed by atoms with van der Waals surface area (Å²) in [6.45, 7) is 2.16. The van der Waals surface area contributed by atoms with Gasteiger partial charge in [0.25, 0.3) is 0 Å². The van der Waals surface area contributed by atoms with Crippen molar-refractivity contribution < 1.29 is 0 Å². The van der Waals surface area contributed by atoms with Crippen LogP contribution in [0, 0.1) is 6.92 Å². The van der Waals surface area contributed by atoms with E-state index in [1.165, 1.54) is 27.7 Å². The maximum Gasteiger partial charge on any atom is 0.0844 e. The molecule has 0 aliphatic heterocycles. The Morgan fingerprint density at radius 3 is 2.73 bits per heavy atom. The molecule has 4 rings (SSSR count). The second kappa shape index (κ2) is 5.34. The number of H-pyrrole nitrogens is 1. The van der Waals surface area contributed by atoms with E-state index in [1.54, 1.807) is 0 Å². The van der Waals surface area contributed by atoms with E-state index in [4.69, 9.17) is 0 Å². The normalized spacial score (nSPS) is 16.0. The van der Waals surface area contributed by atoms with Crippen LogP contribution in [0.4, 0.5) is 5.69 Å². The highest BCUT2D eigenvalue weighted by Crippen LogP contribution is 2.31. The first kappa shape index (κ1) is 13.1. The fourth-order valence-electron chi connectivity index (χ4n) is 3.24. The first-order valence-electron chi connectivity index (χ1n) is 7.81. The molecular weight excluding hydrogens is 270 g/mol. The quantitative estimate of drug-likeness (QED) is 0.663. The molecule has 2 aromatic carbocycles. The molecule has 0 spiro atoms. The van der Waals surface area contributed by atoms with E-state index >= 15 is 0 Å². The van der Waals surface area contributed by atoms with Gasteiger partial charge in [0.15, 0.2) is 0 Å². The van der Waals surface area contributed by atoms with E-state index in [0.29, 0.717) is 0 Å². The minimum absolute atomic E-state index is 1.01. The minimum atomic E-state index is 1.01. The molecule has 3 nitrogen and oxygen atoms in total. The highest BCUT2D eigenvalue weighted by atomic mass is 15.3. The summed E-state index contributed by atoms with van der Waals surface area (Å²) in [7, 11) is 0. The Labute approximate surface area is 130 Å². The summed E-state index contributed by atoms with van der Waals surface area (Å²) < 4.78 is 0. The SMILES string of the molecule is Cc1cccc2c3c([nH]c12)/C(=N/Nc1ccccc1)CCC3. The predicted molar refractivity (Wildman–Crippen MR) is 92.6 cm³/mol. The van der Waals surface area contributed by atoms with Crippen LogP contribution in [0.15, 0.2) is 53.6 Å². The number of nitrogens with zero attached hydrogens (tertiary/aromatic N) is 1.